The summed E-state index contributed by atoms with van der Waals surface area (Å²) in [6.45, 7) is 2.92. The van der Waals surface area contributed by atoms with Crippen molar-refractivity contribution in [1.29, 1.82) is 0 Å². The number of aromatic nitrogens is 2. The van der Waals surface area contributed by atoms with E-state index < -0.39 is 29.3 Å². The van der Waals surface area contributed by atoms with Gasteiger partial charge in [-0.25, -0.2) is 4.68 Å². The first kappa shape index (κ1) is 21.8. The van der Waals surface area contributed by atoms with Crippen LogP contribution in [0, 0.1) is 13.8 Å². The molecule has 2 amide bonds. The lowest BCUT2D eigenvalue weighted by Gasteiger charge is -2.10. The van der Waals surface area contributed by atoms with Gasteiger partial charge >= 0.3 is 12.1 Å². The molecular weight excluding hydrogens is 413 g/mol. The summed E-state index contributed by atoms with van der Waals surface area (Å²) in [4.78, 5) is 36.9. The van der Waals surface area contributed by atoms with Crippen LogP contribution in [-0.4, -0.2) is 27.4 Å². The molecular formula is C21H17F3N4O3. The molecule has 3 rings (SSSR count). The van der Waals surface area contributed by atoms with E-state index in [0.717, 1.165) is 16.8 Å². The predicted molar refractivity (Wildman–Crippen MR) is 104 cm³/mol. The predicted octanol–water partition coefficient (Wildman–Crippen LogP) is 3.15. The number of halogens is 3. The number of benzene rings is 2. The molecule has 160 valence electrons. The van der Waals surface area contributed by atoms with Gasteiger partial charge in [-0.1, -0.05) is 24.3 Å². The number of nitrogens with one attached hydrogen (secondary N) is 2. The van der Waals surface area contributed by atoms with Crippen molar-refractivity contribution in [2.75, 3.05) is 0 Å². The van der Waals surface area contributed by atoms with Gasteiger partial charge in [-0.3, -0.25) is 25.2 Å². The second-order valence-electron chi connectivity index (χ2n) is 6.61. The Morgan fingerprint density at radius 2 is 1.61 bits per heavy atom. The summed E-state index contributed by atoms with van der Waals surface area (Å²) < 4.78 is 40.2. The molecule has 3 aromatic rings. The molecule has 1 heterocycles. The second kappa shape index (κ2) is 8.42. The minimum atomic E-state index is -4.54. The minimum Gasteiger partial charge on any atom is -0.283 e. The average molecular weight is 430 g/mol. The molecule has 0 spiro atoms. The topological polar surface area (TPSA) is 93.1 Å². The number of carbonyl (C=O) groups excluding carboxylic acids is 3. The van der Waals surface area contributed by atoms with E-state index in [2.05, 4.69) is 10.5 Å². The Labute approximate surface area is 174 Å². The largest absolute Gasteiger partial charge is 0.416 e. The normalized spacial score (nSPS) is 11.1. The van der Waals surface area contributed by atoms with Gasteiger partial charge in [0.05, 0.1) is 28.2 Å². The molecule has 0 fully saturated rings. The van der Waals surface area contributed by atoms with E-state index in [1.54, 1.807) is 18.2 Å². The summed E-state index contributed by atoms with van der Waals surface area (Å²) in [5.41, 5.74) is 3.95. The molecule has 0 saturated heterocycles. The molecule has 0 bridgehead atoms. The highest BCUT2D eigenvalue weighted by molar-refractivity contribution is 6.43. The van der Waals surface area contributed by atoms with Crippen LogP contribution in [0.5, 0.6) is 0 Å². The third-order valence-electron chi connectivity index (χ3n) is 4.47. The second-order valence-corrected chi connectivity index (χ2v) is 6.61. The lowest BCUT2D eigenvalue weighted by Crippen LogP contribution is -2.45. The van der Waals surface area contributed by atoms with Crippen molar-refractivity contribution in [2.24, 2.45) is 0 Å². The maximum atomic E-state index is 13.0. The van der Waals surface area contributed by atoms with E-state index in [4.69, 9.17) is 0 Å². The Hall–Kier alpha value is -3.95. The number of alkyl halides is 3. The van der Waals surface area contributed by atoms with Gasteiger partial charge in [0.15, 0.2) is 0 Å². The van der Waals surface area contributed by atoms with E-state index in [1.807, 2.05) is 5.43 Å². The molecule has 0 aliphatic heterocycles. The molecule has 1 aromatic heterocycles. The van der Waals surface area contributed by atoms with E-state index in [0.29, 0.717) is 0 Å². The zero-order valence-electron chi connectivity index (χ0n) is 16.4. The summed E-state index contributed by atoms with van der Waals surface area (Å²) in [5, 5.41) is 4.11. The Bertz CT molecular complexity index is 1150. The van der Waals surface area contributed by atoms with E-state index in [-0.39, 0.29) is 28.2 Å². The van der Waals surface area contributed by atoms with Crippen LogP contribution in [0.4, 0.5) is 13.2 Å². The quantitative estimate of drug-likeness (QED) is 0.378. The van der Waals surface area contributed by atoms with E-state index >= 15 is 0 Å². The van der Waals surface area contributed by atoms with Gasteiger partial charge in [-0.15, -0.1) is 0 Å². The Morgan fingerprint density at radius 1 is 0.935 bits per heavy atom. The van der Waals surface area contributed by atoms with Crippen molar-refractivity contribution < 1.29 is 27.6 Å². The third kappa shape index (κ3) is 4.63. The van der Waals surface area contributed by atoms with Crippen molar-refractivity contribution >= 4 is 17.6 Å². The molecule has 10 heteroatoms. The van der Waals surface area contributed by atoms with Gasteiger partial charge in [-0.2, -0.15) is 18.3 Å². The van der Waals surface area contributed by atoms with Crippen LogP contribution in [0.2, 0.25) is 0 Å². The average Bonchev–Trinajstić information content (AvgIpc) is 3.05. The molecule has 0 unspecified atom stereocenters. The lowest BCUT2D eigenvalue weighted by atomic mass is 10.1. The third-order valence-corrected chi connectivity index (χ3v) is 4.47. The SMILES string of the molecule is Cc1nn(-c2cccc(C(F)(F)F)c2)c(C)c1C(=O)C(=O)NNC(=O)c1ccccc1. The summed E-state index contributed by atoms with van der Waals surface area (Å²) in [5.74, 6) is -2.71. The van der Waals surface area contributed by atoms with E-state index in [9.17, 15) is 27.6 Å². The molecule has 0 radical (unpaired) electrons. The van der Waals surface area contributed by atoms with Crippen molar-refractivity contribution in [1.82, 2.24) is 20.6 Å². The van der Waals surface area contributed by atoms with Gasteiger partial charge in [-0.05, 0) is 44.2 Å². The molecule has 2 aromatic carbocycles. The van der Waals surface area contributed by atoms with Crippen LogP contribution in [0.1, 0.15) is 37.7 Å². The number of hydrogen-bond acceptors (Lipinski definition) is 4. The number of carbonyl (C=O) groups is 3. The molecule has 0 aliphatic rings. The minimum absolute atomic E-state index is 0.0659. The highest BCUT2D eigenvalue weighted by Gasteiger charge is 2.31. The molecule has 2 N–H and O–H groups in total. The highest BCUT2D eigenvalue weighted by atomic mass is 19.4. The van der Waals surface area contributed by atoms with Gasteiger partial charge in [0.1, 0.15) is 0 Å². The molecule has 0 saturated carbocycles. The van der Waals surface area contributed by atoms with E-state index in [1.165, 1.54) is 38.1 Å². The van der Waals surface area contributed by atoms with Crippen LogP contribution < -0.4 is 10.9 Å². The Balaban J connectivity index is 1.81. The number of ketones is 1. The summed E-state index contributed by atoms with van der Waals surface area (Å²) in [6.07, 6.45) is -4.54. The molecule has 7 nitrogen and oxygen atoms in total. The standard InChI is InChI=1S/C21H17F3N4O3/c1-12-17(18(29)20(31)26-25-19(30)14-7-4-3-5-8-14)13(2)28(27-12)16-10-6-9-15(11-16)21(22,23)24/h3-11H,1-2H3,(H,25,30)(H,26,31). The molecule has 0 aliphatic carbocycles. The first-order valence-electron chi connectivity index (χ1n) is 9.03. The number of nitrogens with zero attached hydrogens (tertiary/aromatic N) is 2. The van der Waals surface area contributed by atoms with Crippen molar-refractivity contribution in [3.63, 3.8) is 0 Å². The van der Waals surface area contributed by atoms with Crippen molar-refractivity contribution in [3.05, 3.63) is 82.7 Å². The fourth-order valence-corrected chi connectivity index (χ4v) is 2.98. The number of Topliss-reactive ketones (excluding diaryl/α,β-unsaturated/α-hetero) is 1. The maximum absolute atomic E-state index is 13.0. The lowest BCUT2D eigenvalue weighted by molar-refractivity contribution is -0.137. The van der Waals surface area contributed by atoms with Crippen LogP contribution in [0.25, 0.3) is 5.69 Å². The fraction of sp³-hybridized carbons (Fsp3) is 0.143. The van der Waals surface area contributed by atoms with Crippen LogP contribution in [0.15, 0.2) is 54.6 Å². The molecule has 0 atom stereocenters. The fourth-order valence-electron chi connectivity index (χ4n) is 2.98. The monoisotopic (exact) mass is 430 g/mol. The Morgan fingerprint density at radius 3 is 2.26 bits per heavy atom. The zero-order valence-corrected chi connectivity index (χ0v) is 16.4. The van der Waals surface area contributed by atoms with Crippen LogP contribution in [0.3, 0.4) is 0 Å². The van der Waals surface area contributed by atoms with Crippen molar-refractivity contribution in [2.45, 2.75) is 20.0 Å². The van der Waals surface area contributed by atoms with Crippen LogP contribution >= 0.6 is 0 Å². The van der Waals surface area contributed by atoms with Gasteiger partial charge in [0, 0.05) is 5.56 Å². The number of amides is 2. The summed E-state index contributed by atoms with van der Waals surface area (Å²) in [6, 6.07) is 12.5. The maximum Gasteiger partial charge on any atom is 0.416 e. The number of hydrogen-bond donors (Lipinski definition) is 2. The zero-order chi connectivity index (χ0) is 22.8. The number of aryl methyl sites for hydroxylation is 1. The first-order valence-corrected chi connectivity index (χ1v) is 9.03. The number of hydrazine groups is 1. The number of rotatable bonds is 4. The van der Waals surface area contributed by atoms with Gasteiger partial charge in [0.25, 0.3) is 11.7 Å². The molecule has 31 heavy (non-hydrogen) atoms. The van der Waals surface area contributed by atoms with Crippen molar-refractivity contribution in [3.8, 4) is 5.69 Å². The van der Waals surface area contributed by atoms with Crippen LogP contribution in [-0.2, 0) is 11.0 Å². The van der Waals surface area contributed by atoms with Gasteiger partial charge in [0.2, 0.25) is 0 Å². The highest BCUT2D eigenvalue weighted by Crippen LogP contribution is 2.30. The summed E-state index contributed by atoms with van der Waals surface area (Å²) in [7, 11) is 0. The van der Waals surface area contributed by atoms with Gasteiger partial charge < -0.3 is 0 Å². The smallest absolute Gasteiger partial charge is 0.283 e. The summed E-state index contributed by atoms with van der Waals surface area (Å²) >= 11 is 0. The Kier molecular flexibility index (Phi) is 5.91. The first-order chi connectivity index (χ1) is 14.6.